The molecule has 2 aromatic rings. The van der Waals surface area contributed by atoms with E-state index in [1.54, 1.807) is 0 Å². The van der Waals surface area contributed by atoms with Gasteiger partial charge in [0.25, 0.3) is 0 Å². The van der Waals surface area contributed by atoms with E-state index in [9.17, 15) is 14.7 Å². The highest BCUT2D eigenvalue weighted by Crippen LogP contribution is 2.35. The highest BCUT2D eigenvalue weighted by atomic mass is 16.5. The number of aromatic nitrogens is 1. The van der Waals surface area contributed by atoms with E-state index >= 15 is 0 Å². The van der Waals surface area contributed by atoms with Crippen LogP contribution in [0, 0.1) is 0 Å². The van der Waals surface area contributed by atoms with E-state index in [-0.39, 0.29) is 5.91 Å². The van der Waals surface area contributed by atoms with Crippen LogP contribution in [0.1, 0.15) is 62.3 Å². The summed E-state index contributed by atoms with van der Waals surface area (Å²) in [7, 11) is 0. The third kappa shape index (κ3) is 8.74. The molecule has 0 spiro atoms. The summed E-state index contributed by atoms with van der Waals surface area (Å²) in [5.41, 5.74) is 2.54. The fourth-order valence-electron chi connectivity index (χ4n) is 5.81. The van der Waals surface area contributed by atoms with Crippen LogP contribution in [0.4, 0.5) is 5.82 Å². The fraction of sp³-hybridized carbons (Fsp3) is 0.594. The van der Waals surface area contributed by atoms with Crippen molar-refractivity contribution in [3.63, 3.8) is 0 Å². The molecule has 1 fully saturated rings. The van der Waals surface area contributed by atoms with Gasteiger partial charge in [0.1, 0.15) is 11.9 Å². The summed E-state index contributed by atoms with van der Waals surface area (Å²) in [6.07, 6.45) is 6.51. The summed E-state index contributed by atoms with van der Waals surface area (Å²) in [4.78, 5) is 33.0. The predicted molar refractivity (Wildman–Crippen MR) is 159 cm³/mol. The van der Waals surface area contributed by atoms with Crippen molar-refractivity contribution >= 4 is 17.7 Å². The number of rotatable bonds is 16. The van der Waals surface area contributed by atoms with Gasteiger partial charge in [-0.25, -0.2) is 9.78 Å². The van der Waals surface area contributed by atoms with Gasteiger partial charge in [-0.3, -0.25) is 4.79 Å². The smallest absolute Gasteiger partial charge is 0.326 e. The molecule has 0 aliphatic carbocycles. The van der Waals surface area contributed by atoms with Crippen LogP contribution in [0.15, 0.2) is 42.5 Å². The van der Waals surface area contributed by atoms with Gasteiger partial charge in [-0.1, -0.05) is 36.4 Å². The topological polar surface area (TPSA) is 113 Å². The molecule has 41 heavy (non-hydrogen) atoms. The van der Waals surface area contributed by atoms with E-state index in [0.29, 0.717) is 52.2 Å². The van der Waals surface area contributed by atoms with Gasteiger partial charge in [-0.15, -0.1) is 0 Å². The number of amides is 1. The van der Waals surface area contributed by atoms with E-state index in [1.165, 1.54) is 5.56 Å². The summed E-state index contributed by atoms with van der Waals surface area (Å²) in [5, 5.41) is 16.3. The minimum absolute atomic E-state index is 0.229. The Bertz CT molecular complexity index is 1110. The standard InChI is InChI=1S/C32H46N4O5/c1-2-40-24-21-36(19-7-6-12-27-14-13-25-9-8-18-33-29(25)34-27)20-15-28(30(37)38)35-31(39)32(16-22-41-23-17-32)26-10-4-3-5-11-26/h3-5,10-11,13-14,28H,2,6-9,12,15-24H2,1H3,(H,33,34)(H,35,39)(H,37,38). The van der Waals surface area contributed by atoms with E-state index < -0.39 is 17.4 Å². The lowest BCUT2D eigenvalue weighted by Gasteiger charge is -2.37. The highest BCUT2D eigenvalue weighted by Gasteiger charge is 2.43. The number of hydrogen-bond donors (Lipinski definition) is 3. The third-order valence-corrected chi connectivity index (χ3v) is 8.31. The van der Waals surface area contributed by atoms with Crippen molar-refractivity contribution in [3.05, 3.63) is 59.3 Å². The van der Waals surface area contributed by atoms with Gasteiger partial charge in [-0.2, -0.15) is 0 Å². The predicted octanol–water partition coefficient (Wildman–Crippen LogP) is 3.81. The maximum absolute atomic E-state index is 13.7. The molecule has 9 heteroatoms. The first kappa shape index (κ1) is 30.9. The number of anilines is 1. The quantitative estimate of drug-likeness (QED) is 0.263. The van der Waals surface area contributed by atoms with Crippen LogP contribution < -0.4 is 10.6 Å². The van der Waals surface area contributed by atoms with E-state index in [0.717, 1.165) is 68.8 Å². The van der Waals surface area contributed by atoms with Crippen LogP contribution in [-0.2, 0) is 37.3 Å². The van der Waals surface area contributed by atoms with Crippen molar-refractivity contribution in [3.8, 4) is 0 Å². The Balaban J connectivity index is 1.32. The summed E-state index contributed by atoms with van der Waals surface area (Å²) in [6.45, 7) is 7.26. The van der Waals surface area contributed by atoms with Crippen molar-refractivity contribution in [2.75, 3.05) is 57.9 Å². The Morgan fingerprint density at radius 3 is 2.68 bits per heavy atom. The maximum Gasteiger partial charge on any atom is 0.326 e. The number of nitrogens with one attached hydrogen (secondary N) is 2. The largest absolute Gasteiger partial charge is 0.480 e. The molecule has 0 bridgehead atoms. The summed E-state index contributed by atoms with van der Waals surface area (Å²) >= 11 is 0. The van der Waals surface area contributed by atoms with Crippen molar-refractivity contribution in [1.82, 2.24) is 15.2 Å². The van der Waals surface area contributed by atoms with Crippen LogP contribution in [0.3, 0.4) is 0 Å². The second-order valence-electron chi connectivity index (χ2n) is 11.0. The number of fused-ring (bicyclic) bond motifs is 1. The average Bonchev–Trinajstić information content (AvgIpc) is 3.01. The number of unbranched alkanes of at least 4 members (excludes halogenated alkanes) is 1. The normalized spacial score (nSPS) is 16.9. The van der Waals surface area contributed by atoms with Crippen molar-refractivity contribution in [1.29, 1.82) is 0 Å². The molecule has 3 N–H and O–H groups in total. The molecule has 0 radical (unpaired) electrons. The maximum atomic E-state index is 13.7. The van der Waals surface area contributed by atoms with Gasteiger partial charge < -0.3 is 30.1 Å². The Hall–Kier alpha value is -3.01. The summed E-state index contributed by atoms with van der Waals surface area (Å²) < 4.78 is 11.1. The average molecular weight is 567 g/mol. The number of ether oxygens (including phenoxy) is 2. The van der Waals surface area contributed by atoms with Crippen molar-refractivity contribution in [2.45, 2.75) is 69.7 Å². The monoisotopic (exact) mass is 566 g/mol. The summed E-state index contributed by atoms with van der Waals surface area (Å²) in [5.74, 6) is -0.207. The lowest BCUT2D eigenvalue weighted by atomic mass is 9.73. The Kier molecular flexibility index (Phi) is 12.0. The molecule has 0 saturated carbocycles. The molecule has 1 atom stereocenters. The fourth-order valence-corrected chi connectivity index (χ4v) is 5.81. The zero-order valence-corrected chi connectivity index (χ0v) is 24.4. The minimum Gasteiger partial charge on any atom is -0.480 e. The van der Waals surface area contributed by atoms with Crippen LogP contribution in [0.2, 0.25) is 0 Å². The van der Waals surface area contributed by atoms with Gasteiger partial charge >= 0.3 is 5.97 Å². The van der Waals surface area contributed by atoms with Crippen LogP contribution in [-0.4, -0.2) is 85.5 Å². The number of nitrogens with zero attached hydrogens (tertiary/aromatic N) is 2. The van der Waals surface area contributed by atoms with E-state index in [1.807, 2.05) is 37.3 Å². The number of hydrogen-bond acceptors (Lipinski definition) is 7. The molecule has 2 aliphatic rings. The van der Waals surface area contributed by atoms with E-state index in [2.05, 4.69) is 27.7 Å². The number of pyridine rings is 1. The molecule has 1 saturated heterocycles. The first-order valence-electron chi connectivity index (χ1n) is 15.2. The molecule has 4 rings (SSSR count). The molecule has 224 valence electrons. The molecular weight excluding hydrogens is 520 g/mol. The number of benzene rings is 1. The van der Waals surface area contributed by atoms with Gasteiger partial charge in [-0.05, 0) is 82.0 Å². The van der Waals surface area contributed by atoms with Gasteiger partial charge in [0.05, 0.1) is 12.0 Å². The van der Waals surface area contributed by atoms with Crippen LogP contribution in [0.25, 0.3) is 0 Å². The highest BCUT2D eigenvalue weighted by molar-refractivity contribution is 5.91. The first-order chi connectivity index (χ1) is 20.0. The second-order valence-corrected chi connectivity index (χ2v) is 11.0. The molecule has 1 unspecified atom stereocenters. The number of aliphatic carboxylic acids is 1. The molecule has 1 amide bonds. The summed E-state index contributed by atoms with van der Waals surface area (Å²) in [6, 6.07) is 13.0. The minimum atomic E-state index is -1.01. The number of aryl methyl sites for hydroxylation is 2. The number of carbonyl (C=O) groups is 2. The van der Waals surface area contributed by atoms with Crippen LogP contribution in [0.5, 0.6) is 0 Å². The zero-order chi connectivity index (χ0) is 28.9. The third-order valence-electron chi connectivity index (χ3n) is 8.31. The first-order valence-corrected chi connectivity index (χ1v) is 15.2. The van der Waals surface area contributed by atoms with Gasteiger partial charge in [0, 0.05) is 45.1 Å². The number of carboxylic acids is 1. The Labute approximate surface area is 244 Å². The molecule has 2 aliphatic heterocycles. The SMILES string of the molecule is CCOCCN(CCCCc1ccc2c(n1)NCCC2)CCC(NC(=O)C1(c2ccccc2)CCOCC1)C(=O)O. The zero-order valence-electron chi connectivity index (χ0n) is 24.4. The molecule has 1 aromatic carbocycles. The van der Waals surface area contributed by atoms with Gasteiger partial charge in [0.2, 0.25) is 5.91 Å². The van der Waals surface area contributed by atoms with Crippen LogP contribution >= 0.6 is 0 Å². The lowest BCUT2D eigenvalue weighted by molar-refractivity contribution is -0.144. The molecule has 9 nitrogen and oxygen atoms in total. The Morgan fingerprint density at radius 1 is 1.12 bits per heavy atom. The van der Waals surface area contributed by atoms with Crippen molar-refractivity contribution in [2.24, 2.45) is 0 Å². The molecule has 3 heterocycles. The van der Waals surface area contributed by atoms with E-state index in [4.69, 9.17) is 14.5 Å². The number of carbonyl (C=O) groups excluding carboxylic acids is 1. The molecule has 1 aromatic heterocycles. The second kappa shape index (κ2) is 15.8. The lowest BCUT2D eigenvalue weighted by Crippen LogP contribution is -2.53. The number of carboxylic acid groups (broad SMARTS) is 1. The molecular formula is C32H46N4O5. The Morgan fingerprint density at radius 2 is 1.93 bits per heavy atom. The van der Waals surface area contributed by atoms with Crippen molar-refractivity contribution < 1.29 is 24.2 Å². The van der Waals surface area contributed by atoms with Gasteiger partial charge in [0.15, 0.2) is 0 Å².